The molecule has 0 spiro atoms. The molecule has 0 aromatic rings. The third kappa shape index (κ3) is 11.5. The van der Waals surface area contributed by atoms with Gasteiger partial charge in [-0.15, -0.1) is 0 Å². The van der Waals surface area contributed by atoms with Crippen LogP contribution in [0.3, 0.4) is 0 Å². The summed E-state index contributed by atoms with van der Waals surface area (Å²) >= 11 is 0. The summed E-state index contributed by atoms with van der Waals surface area (Å²) in [6, 6.07) is 0. The first-order valence-electron chi connectivity index (χ1n) is 7.14. The predicted molar refractivity (Wildman–Crippen MR) is 74.5 cm³/mol. The van der Waals surface area contributed by atoms with E-state index in [9.17, 15) is 9.59 Å². The second-order valence-electron chi connectivity index (χ2n) is 4.59. The van der Waals surface area contributed by atoms with Crippen LogP contribution < -0.4 is 0 Å². The first-order chi connectivity index (χ1) is 9.10. The molecule has 0 aliphatic heterocycles. The van der Waals surface area contributed by atoms with Gasteiger partial charge in [0.05, 0.1) is 0 Å². The molecule has 4 nitrogen and oxygen atoms in total. The average Bonchev–Trinajstić information content (AvgIpc) is 2.37. The van der Waals surface area contributed by atoms with Crippen LogP contribution in [0.5, 0.6) is 0 Å². The van der Waals surface area contributed by atoms with Gasteiger partial charge in [0.25, 0.3) is 0 Å². The number of rotatable bonds is 11. The molecule has 0 rings (SSSR count). The zero-order chi connectivity index (χ0) is 14.5. The molecule has 0 fully saturated rings. The van der Waals surface area contributed by atoms with Crippen molar-refractivity contribution in [1.82, 2.24) is 0 Å². The summed E-state index contributed by atoms with van der Waals surface area (Å²) < 4.78 is 9.92. The molecule has 0 aliphatic carbocycles. The molecule has 0 radical (unpaired) electrons. The summed E-state index contributed by atoms with van der Waals surface area (Å²) in [4.78, 5) is 22.7. The molecule has 0 aliphatic rings. The van der Waals surface area contributed by atoms with E-state index in [1.165, 1.54) is 0 Å². The van der Waals surface area contributed by atoms with Gasteiger partial charge in [-0.3, -0.25) is 9.59 Å². The maximum absolute atomic E-state index is 11.4. The number of carbonyl (C=O) groups excluding carboxylic acids is 2. The SMILES string of the molecule is C=C(COC(=O)CCCCC)OC(=O)CCCCC. The number of ether oxygens (including phenoxy) is 2. The fourth-order valence-electron chi connectivity index (χ4n) is 1.51. The fraction of sp³-hybridized carbons (Fsp3) is 0.733. The summed E-state index contributed by atoms with van der Waals surface area (Å²) in [7, 11) is 0. The molecule has 0 saturated carbocycles. The lowest BCUT2D eigenvalue weighted by Gasteiger charge is -2.08. The van der Waals surface area contributed by atoms with E-state index in [4.69, 9.17) is 9.47 Å². The van der Waals surface area contributed by atoms with Crippen molar-refractivity contribution in [2.24, 2.45) is 0 Å². The van der Waals surface area contributed by atoms with E-state index in [1.807, 2.05) is 0 Å². The lowest BCUT2D eigenvalue weighted by molar-refractivity contribution is -0.147. The van der Waals surface area contributed by atoms with Crippen molar-refractivity contribution < 1.29 is 19.1 Å². The van der Waals surface area contributed by atoms with Crippen molar-refractivity contribution in [2.75, 3.05) is 6.61 Å². The molecule has 110 valence electrons. The zero-order valence-corrected chi connectivity index (χ0v) is 12.2. The molecule has 0 amide bonds. The monoisotopic (exact) mass is 270 g/mol. The van der Waals surface area contributed by atoms with Gasteiger partial charge in [0.15, 0.2) is 0 Å². The topological polar surface area (TPSA) is 52.6 Å². The normalized spacial score (nSPS) is 10.0. The Morgan fingerprint density at radius 3 is 1.95 bits per heavy atom. The highest BCUT2D eigenvalue weighted by atomic mass is 16.6. The van der Waals surface area contributed by atoms with Crippen LogP contribution in [0.15, 0.2) is 12.3 Å². The molecule has 4 heteroatoms. The van der Waals surface area contributed by atoms with Gasteiger partial charge in [-0.05, 0) is 12.8 Å². The molecule has 0 N–H and O–H groups in total. The standard InChI is InChI=1S/C15H26O4/c1-4-6-8-10-14(16)18-12-13(3)19-15(17)11-9-7-5-2/h3-12H2,1-2H3. The second kappa shape index (κ2) is 11.8. The summed E-state index contributed by atoms with van der Waals surface area (Å²) in [5.41, 5.74) is 0. The Kier molecular flexibility index (Phi) is 10.9. The Labute approximate surface area is 116 Å². The van der Waals surface area contributed by atoms with Gasteiger partial charge in [-0.1, -0.05) is 46.1 Å². The highest BCUT2D eigenvalue weighted by Gasteiger charge is 2.08. The van der Waals surface area contributed by atoms with E-state index in [1.54, 1.807) is 0 Å². The molecule has 0 saturated heterocycles. The largest absolute Gasteiger partial charge is 0.458 e. The summed E-state index contributed by atoms with van der Waals surface area (Å²) in [6.07, 6.45) is 6.59. The number of hydrogen-bond acceptors (Lipinski definition) is 4. The van der Waals surface area contributed by atoms with Gasteiger partial charge >= 0.3 is 11.9 Å². The minimum absolute atomic E-state index is 0.0372. The third-order valence-corrected chi connectivity index (χ3v) is 2.62. The van der Waals surface area contributed by atoms with Crippen LogP contribution in [-0.2, 0) is 19.1 Å². The summed E-state index contributed by atoms with van der Waals surface area (Å²) in [5.74, 6) is -0.373. The van der Waals surface area contributed by atoms with Crippen LogP contribution in [0.4, 0.5) is 0 Å². The summed E-state index contributed by atoms with van der Waals surface area (Å²) in [6.45, 7) is 7.68. The van der Waals surface area contributed by atoms with E-state index in [-0.39, 0.29) is 24.3 Å². The number of unbranched alkanes of at least 4 members (excludes halogenated alkanes) is 4. The van der Waals surface area contributed by atoms with Gasteiger partial charge in [0.2, 0.25) is 0 Å². The Morgan fingerprint density at radius 1 is 0.895 bits per heavy atom. The van der Waals surface area contributed by atoms with Crippen molar-refractivity contribution in [3.05, 3.63) is 12.3 Å². The van der Waals surface area contributed by atoms with Crippen LogP contribution in [0.2, 0.25) is 0 Å². The first-order valence-corrected chi connectivity index (χ1v) is 7.14. The smallest absolute Gasteiger partial charge is 0.310 e. The highest BCUT2D eigenvalue weighted by molar-refractivity contribution is 5.71. The Hall–Kier alpha value is -1.32. The Balaban J connectivity index is 3.62. The number of carbonyl (C=O) groups is 2. The van der Waals surface area contributed by atoms with Crippen molar-refractivity contribution in [1.29, 1.82) is 0 Å². The van der Waals surface area contributed by atoms with Gasteiger partial charge in [-0.2, -0.15) is 0 Å². The number of hydrogen-bond donors (Lipinski definition) is 0. The molecule has 0 atom stereocenters. The van der Waals surface area contributed by atoms with Crippen LogP contribution in [0.1, 0.15) is 65.2 Å². The van der Waals surface area contributed by atoms with E-state index in [2.05, 4.69) is 20.4 Å². The molecule has 0 aromatic heterocycles. The summed E-state index contributed by atoms with van der Waals surface area (Å²) in [5, 5.41) is 0. The first kappa shape index (κ1) is 17.7. The van der Waals surface area contributed by atoms with Gasteiger partial charge in [0, 0.05) is 12.8 Å². The zero-order valence-electron chi connectivity index (χ0n) is 12.2. The van der Waals surface area contributed by atoms with E-state index >= 15 is 0 Å². The minimum Gasteiger partial charge on any atom is -0.458 e. The van der Waals surface area contributed by atoms with Crippen molar-refractivity contribution in [2.45, 2.75) is 65.2 Å². The molecule has 19 heavy (non-hydrogen) atoms. The van der Waals surface area contributed by atoms with Gasteiger partial charge in [-0.25, -0.2) is 0 Å². The minimum atomic E-state index is -0.305. The molecule has 0 bridgehead atoms. The van der Waals surface area contributed by atoms with Crippen molar-refractivity contribution in [3.63, 3.8) is 0 Å². The van der Waals surface area contributed by atoms with E-state index in [0.29, 0.717) is 12.8 Å². The molecular formula is C15H26O4. The van der Waals surface area contributed by atoms with Crippen LogP contribution in [-0.4, -0.2) is 18.5 Å². The van der Waals surface area contributed by atoms with E-state index in [0.717, 1.165) is 38.5 Å². The average molecular weight is 270 g/mol. The molecular weight excluding hydrogens is 244 g/mol. The highest BCUT2D eigenvalue weighted by Crippen LogP contribution is 2.05. The lowest BCUT2D eigenvalue weighted by atomic mass is 10.2. The van der Waals surface area contributed by atoms with Crippen LogP contribution in [0.25, 0.3) is 0 Å². The third-order valence-electron chi connectivity index (χ3n) is 2.62. The molecule has 0 unspecified atom stereocenters. The van der Waals surface area contributed by atoms with Gasteiger partial charge in [0.1, 0.15) is 12.4 Å². The molecule has 0 heterocycles. The van der Waals surface area contributed by atoms with E-state index < -0.39 is 0 Å². The van der Waals surface area contributed by atoms with Gasteiger partial charge < -0.3 is 9.47 Å². The lowest BCUT2D eigenvalue weighted by Crippen LogP contribution is -2.11. The maximum atomic E-state index is 11.4. The van der Waals surface area contributed by atoms with Crippen molar-refractivity contribution in [3.8, 4) is 0 Å². The van der Waals surface area contributed by atoms with Crippen LogP contribution in [0, 0.1) is 0 Å². The predicted octanol–water partition coefficient (Wildman–Crippen LogP) is 3.75. The van der Waals surface area contributed by atoms with Crippen LogP contribution >= 0.6 is 0 Å². The Bertz CT molecular complexity index is 284. The fourth-order valence-corrected chi connectivity index (χ4v) is 1.51. The number of esters is 2. The second-order valence-corrected chi connectivity index (χ2v) is 4.59. The maximum Gasteiger partial charge on any atom is 0.310 e. The Morgan fingerprint density at radius 2 is 1.42 bits per heavy atom. The quantitative estimate of drug-likeness (QED) is 0.326. The molecule has 0 aromatic carbocycles. The van der Waals surface area contributed by atoms with Crippen molar-refractivity contribution >= 4 is 11.9 Å².